The van der Waals surface area contributed by atoms with Crippen molar-refractivity contribution in [3.8, 4) is 5.75 Å². The topological polar surface area (TPSA) is 147 Å². The summed E-state index contributed by atoms with van der Waals surface area (Å²) < 4.78 is 29.8. The Labute approximate surface area is 112 Å². The monoisotopic (exact) mass is 324 g/mol. The minimum absolute atomic E-state index is 0.158. The van der Waals surface area contributed by atoms with Crippen molar-refractivity contribution in [3.05, 3.63) is 29.8 Å². The van der Waals surface area contributed by atoms with E-state index in [2.05, 4.69) is 9.05 Å². The molecule has 11 heteroatoms. The van der Waals surface area contributed by atoms with Gasteiger partial charge in [0.1, 0.15) is 5.75 Å². The van der Waals surface area contributed by atoms with E-state index in [-0.39, 0.29) is 17.1 Å². The maximum absolute atomic E-state index is 11.5. The smallest absolute Gasteiger partial charge is 0.417 e. The van der Waals surface area contributed by atoms with Crippen LogP contribution in [-0.4, -0.2) is 26.2 Å². The molecule has 1 unspecified atom stereocenters. The molecule has 1 rings (SSSR count). The first-order valence-electron chi connectivity index (χ1n) is 4.94. The minimum Gasteiger partial charge on any atom is -0.417 e. The molecule has 0 spiro atoms. The zero-order valence-corrected chi connectivity index (χ0v) is 11.8. The third kappa shape index (κ3) is 4.88. The normalized spacial score (nSPS) is 14.2. The predicted molar refractivity (Wildman–Crippen MR) is 65.4 cm³/mol. The van der Waals surface area contributed by atoms with E-state index < -0.39 is 21.1 Å². The van der Waals surface area contributed by atoms with Gasteiger partial charge in [0.05, 0.1) is 0 Å². The number of rotatable bonds is 5. The van der Waals surface area contributed by atoms with Gasteiger partial charge in [0, 0.05) is 5.56 Å². The molecule has 0 aromatic heterocycles. The molecule has 1 aromatic carbocycles. The molecule has 110 valence electrons. The molecule has 1 atom stereocenters. The van der Waals surface area contributed by atoms with Gasteiger partial charge in [-0.25, -0.2) is 13.9 Å². The fourth-order valence-corrected chi connectivity index (χ4v) is 2.51. The van der Waals surface area contributed by atoms with Gasteiger partial charge in [-0.05, 0) is 19.1 Å². The summed E-state index contributed by atoms with van der Waals surface area (Å²) >= 11 is 0. The fraction of sp³-hybridized carbons (Fsp3) is 0.111. The highest BCUT2D eigenvalue weighted by molar-refractivity contribution is 7.71. The van der Waals surface area contributed by atoms with E-state index in [0.717, 1.165) is 6.07 Å². The number of phosphoric acid groups is 1. The van der Waals surface area contributed by atoms with E-state index in [4.69, 9.17) is 9.79 Å². The van der Waals surface area contributed by atoms with Crippen LogP contribution in [0, 0.1) is 0 Å². The second kappa shape index (κ2) is 5.87. The highest BCUT2D eigenvalue weighted by atomic mass is 31.2. The minimum atomic E-state index is -5.26. The lowest BCUT2D eigenvalue weighted by Crippen LogP contribution is -2.06. The van der Waals surface area contributed by atoms with Crippen LogP contribution in [0.15, 0.2) is 24.3 Å². The lowest BCUT2D eigenvalue weighted by atomic mass is 10.1. The van der Waals surface area contributed by atoms with Crippen LogP contribution < -0.4 is 4.52 Å². The number of carbonyl (C=O) groups excluding carboxylic acids is 2. The summed E-state index contributed by atoms with van der Waals surface area (Å²) in [7, 11) is -10.4. The second-order valence-electron chi connectivity index (χ2n) is 3.54. The highest BCUT2D eigenvalue weighted by Crippen LogP contribution is 2.50. The summed E-state index contributed by atoms with van der Waals surface area (Å²) in [5.41, 5.74) is -1.94. The fourth-order valence-electron chi connectivity index (χ4n) is 1.11. The lowest BCUT2D eigenvalue weighted by molar-refractivity contribution is 0.101. The molecule has 3 N–H and O–H groups in total. The number of benzene rings is 1. The second-order valence-corrected chi connectivity index (χ2v) is 6.30. The number of phosphoric ester groups is 1. The van der Waals surface area contributed by atoms with Gasteiger partial charge in [0.2, 0.25) is 0 Å². The van der Waals surface area contributed by atoms with E-state index in [1.165, 1.54) is 25.1 Å². The van der Waals surface area contributed by atoms with E-state index in [9.17, 15) is 23.6 Å². The summed E-state index contributed by atoms with van der Waals surface area (Å²) in [6.45, 7) is 1.25. The van der Waals surface area contributed by atoms with Gasteiger partial charge < -0.3 is 13.9 Å². The number of carbonyl (C=O) groups is 2. The third-order valence-electron chi connectivity index (χ3n) is 1.90. The molecule has 0 radical (unpaired) electrons. The Bertz CT molecular complexity index is 632. The van der Waals surface area contributed by atoms with Gasteiger partial charge >= 0.3 is 21.1 Å². The molecular weight excluding hydrogens is 314 g/mol. The SMILES string of the molecule is CC(=O)c1cccc(OP(=O)(O)C(=O)OP(=O)(O)O)c1. The summed E-state index contributed by atoms with van der Waals surface area (Å²) in [5, 5.41) is 0. The molecular formula is C9H10O9P2. The Morgan fingerprint density at radius 2 is 1.75 bits per heavy atom. The maximum Gasteiger partial charge on any atom is 0.527 e. The number of ketones is 1. The van der Waals surface area contributed by atoms with Crippen molar-refractivity contribution in [1.82, 2.24) is 0 Å². The summed E-state index contributed by atoms with van der Waals surface area (Å²) in [6.07, 6.45) is 0. The molecule has 20 heavy (non-hydrogen) atoms. The van der Waals surface area contributed by atoms with Gasteiger partial charge in [-0.15, -0.1) is 0 Å². The van der Waals surface area contributed by atoms with Crippen molar-refractivity contribution in [2.45, 2.75) is 6.92 Å². The van der Waals surface area contributed by atoms with Gasteiger partial charge in [0.25, 0.3) is 0 Å². The van der Waals surface area contributed by atoms with Gasteiger partial charge in [0.15, 0.2) is 5.78 Å². The molecule has 0 aliphatic carbocycles. The van der Waals surface area contributed by atoms with Crippen LogP contribution in [0.1, 0.15) is 17.3 Å². The largest absolute Gasteiger partial charge is 0.527 e. The first-order chi connectivity index (χ1) is 9.01. The molecule has 0 bridgehead atoms. The Kier molecular flexibility index (Phi) is 4.86. The lowest BCUT2D eigenvalue weighted by Gasteiger charge is -2.12. The van der Waals surface area contributed by atoms with Crippen LogP contribution in [0.5, 0.6) is 5.75 Å². The Hall–Kier alpha value is -1.50. The molecule has 1 aromatic rings. The summed E-state index contributed by atoms with van der Waals surface area (Å²) in [6, 6.07) is 5.02. The summed E-state index contributed by atoms with van der Waals surface area (Å²) in [4.78, 5) is 48.2. The zero-order valence-electron chi connectivity index (χ0n) is 9.99. The molecule has 0 aliphatic rings. The Balaban J connectivity index is 2.94. The molecule has 0 saturated carbocycles. The first-order valence-corrected chi connectivity index (χ1v) is 8.05. The van der Waals surface area contributed by atoms with E-state index >= 15 is 0 Å². The quantitative estimate of drug-likeness (QED) is 0.543. The van der Waals surface area contributed by atoms with Crippen molar-refractivity contribution >= 4 is 26.9 Å². The molecule has 0 fully saturated rings. The van der Waals surface area contributed by atoms with Crippen LogP contribution in [-0.2, 0) is 13.7 Å². The predicted octanol–water partition coefficient (Wildman–Crippen LogP) is 1.68. The average Bonchev–Trinajstić information content (AvgIpc) is 2.26. The van der Waals surface area contributed by atoms with Crippen LogP contribution >= 0.6 is 15.4 Å². The van der Waals surface area contributed by atoms with Crippen molar-refractivity contribution < 1.29 is 42.4 Å². The molecule has 0 aliphatic heterocycles. The molecule has 0 saturated heterocycles. The third-order valence-corrected chi connectivity index (χ3v) is 3.46. The van der Waals surface area contributed by atoms with Crippen molar-refractivity contribution in [2.24, 2.45) is 0 Å². The van der Waals surface area contributed by atoms with Crippen molar-refractivity contribution in [2.75, 3.05) is 0 Å². The standard InChI is InChI=1S/C9H10O9P2/c1-6(10)7-3-2-4-8(5-7)17-19(12,13)9(11)18-20(14,15)16/h2-5H,1H3,(H,12,13)(H2,14,15,16). The van der Waals surface area contributed by atoms with E-state index in [1.807, 2.05) is 0 Å². The maximum atomic E-state index is 11.5. The highest BCUT2D eigenvalue weighted by Gasteiger charge is 2.39. The van der Waals surface area contributed by atoms with Crippen LogP contribution in [0.2, 0.25) is 0 Å². The van der Waals surface area contributed by atoms with Gasteiger partial charge in [-0.1, -0.05) is 12.1 Å². The van der Waals surface area contributed by atoms with Crippen LogP contribution in [0.4, 0.5) is 4.79 Å². The average molecular weight is 324 g/mol. The van der Waals surface area contributed by atoms with E-state index in [0.29, 0.717) is 0 Å². The van der Waals surface area contributed by atoms with E-state index in [1.54, 1.807) is 0 Å². The van der Waals surface area contributed by atoms with Crippen LogP contribution in [0.25, 0.3) is 0 Å². The Morgan fingerprint density at radius 3 is 2.25 bits per heavy atom. The van der Waals surface area contributed by atoms with Crippen molar-refractivity contribution in [1.29, 1.82) is 0 Å². The first kappa shape index (κ1) is 16.6. The van der Waals surface area contributed by atoms with Crippen LogP contribution in [0.3, 0.4) is 0 Å². The number of Topliss-reactive ketones (excluding diaryl/α,β-unsaturated/α-hetero) is 1. The number of hydrogen-bond acceptors (Lipinski definition) is 6. The van der Waals surface area contributed by atoms with Gasteiger partial charge in [-0.2, -0.15) is 0 Å². The molecule has 0 amide bonds. The molecule has 0 heterocycles. The Morgan fingerprint density at radius 1 is 1.15 bits per heavy atom. The molecule has 9 nitrogen and oxygen atoms in total. The van der Waals surface area contributed by atoms with Gasteiger partial charge in [-0.3, -0.25) is 14.6 Å². The zero-order chi connectivity index (χ0) is 15.6. The summed E-state index contributed by atoms with van der Waals surface area (Å²) in [5.74, 6) is -0.646. The van der Waals surface area contributed by atoms with Crippen molar-refractivity contribution in [3.63, 3.8) is 0 Å². The number of hydrogen-bond donors (Lipinski definition) is 3.